The largest absolute Gasteiger partial charge is 0.496 e. The van der Waals surface area contributed by atoms with Crippen LogP contribution >= 0.6 is 0 Å². The molecule has 0 fully saturated rings. The molecule has 4 rings (SSSR count). The Morgan fingerprint density at radius 3 is 2.20 bits per heavy atom. The van der Waals surface area contributed by atoms with Gasteiger partial charge in [-0.2, -0.15) is 0 Å². The van der Waals surface area contributed by atoms with Crippen molar-refractivity contribution in [3.05, 3.63) is 101 Å². The zero-order valence-corrected chi connectivity index (χ0v) is 23.5. The molecule has 4 aromatic rings. The molecule has 0 bridgehead atoms. The Kier molecular flexibility index (Phi) is 9.44. The van der Waals surface area contributed by atoms with Gasteiger partial charge in [0, 0.05) is 41.5 Å². The van der Waals surface area contributed by atoms with Crippen LogP contribution in [0.1, 0.15) is 43.2 Å². The normalized spacial score (nSPS) is 10.5. The minimum absolute atomic E-state index is 0.243. The van der Waals surface area contributed by atoms with Crippen LogP contribution in [0, 0.1) is 13.8 Å². The zero-order valence-electron chi connectivity index (χ0n) is 23.5. The summed E-state index contributed by atoms with van der Waals surface area (Å²) < 4.78 is 16.3. The van der Waals surface area contributed by atoms with E-state index in [1.807, 2.05) is 50.2 Å². The number of amides is 1. The highest BCUT2D eigenvalue weighted by Gasteiger charge is 2.15. The Hall–Kier alpha value is -5.02. The number of carbonyl (C=O) groups excluding carboxylic acids is 2. The lowest BCUT2D eigenvalue weighted by Crippen LogP contribution is -2.15. The van der Waals surface area contributed by atoms with Crippen LogP contribution in [0.2, 0.25) is 0 Å². The van der Waals surface area contributed by atoms with Gasteiger partial charge in [0.15, 0.2) is 6.29 Å². The van der Waals surface area contributed by atoms with E-state index in [-0.39, 0.29) is 24.9 Å². The summed E-state index contributed by atoms with van der Waals surface area (Å²) in [5.41, 5.74) is 7.56. The van der Waals surface area contributed by atoms with Crippen molar-refractivity contribution in [3.8, 4) is 22.6 Å². The van der Waals surface area contributed by atoms with Crippen LogP contribution in [-0.4, -0.2) is 43.1 Å². The summed E-state index contributed by atoms with van der Waals surface area (Å²) in [5.74, 6) is 0.651. The molecular weight excluding hydrogens is 520 g/mol. The van der Waals surface area contributed by atoms with E-state index in [1.165, 1.54) is 20.4 Å². The van der Waals surface area contributed by atoms with E-state index in [4.69, 9.17) is 14.2 Å². The standard InChI is InChI=1S/C32H32N4O5/c1-6-22-15-34-29(14-31(22)40-5)32(38)36-28-12-8-10-26(21(28)3)25-9-7-11-27(20(25)2)35-19-41-18-24-13-30(39-4)23(17-37)16-33-24/h6-17,35H,1,18-19H2,2-5H3,(H,36,38). The SMILES string of the molecule is C=Cc1cnc(C(=O)Nc2cccc(-c3cccc(NCOCc4cc(OC)c(C=O)cn4)c3C)c2C)cc1OC. The zero-order chi connectivity index (χ0) is 29.4. The first-order valence-corrected chi connectivity index (χ1v) is 12.9. The molecule has 2 heterocycles. The number of ether oxygens (including phenoxy) is 3. The van der Waals surface area contributed by atoms with Gasteiger partial charge in [-0.3, -0.25) is 19.6 Å². The van der Waals surface area contributed by atoms with E-state index >= 15 is 0 Å². The number of benzene rings is 2. The number of methoxy groups -OCH3 is 2. The fourth-order valence-corrected chi connectivity index (χ4v) is 4.39. The smallest absolute Gasteiger partial charge is 0.274 e. The molecule has 0 saturated heterocycles. The van der Waals surface area contributed by atoms with Crippen LogP contribution in [0.15, 0.2) is 67.5 Å². The molecule has 0 spiro atoms. The molecule has 2 N–H and O–H groups in total. The van der Waals surface area contributed by atoms with E-state index in [0.29, 0.717) is 40.3 Å². The number of pyridine rings is 2. The molecule has 2 aromatic heterocycles. The first kappa shape index (κ1) is 29.0. The maximum Gasteiger partial charge on any atom is 0.274 e. The lowest BCUT2D eigenvalue weighted by atomic mass is 9.94. The number of aromatic nitrogens is 2. The van der Waals surface area contributed by atoms with Crippen molar-refractivity contribution in [1.29, 1.82) is 0 Å². The highest BCUT2D eigenvalue weighted by atomic mass is 16.5. The molecule has 0 aliphatic rings. The van der Waals surface area contributed by atoms with Crippen molar-refractivity contribution in [2.45, 2.75) is 20.5 Å². The fraction of sp³-hybridized carbons (Fsp3) is 0.188. The van der Waals surface area contributed by atoms with Crippen molar-refractivity contribution < 1.29 is 23.8 Å². The molecule has 1 amide bonds. The highest BCUT2D eigenvalue weighted by molar-refractivity contribution is 6.04. The van der Waals surface area contributed by atoms with Crippen LogP contribution < -0.4 is 20.1 Å². The van der Waals surface area contributed by atoms with Crippen molar-refractivity contribution in [2.24, 2.45) is 0 Å². The highest BCUT2D eigenvalue weighted by Crippen LogP contribution is 2.34. The third-order valence-corrected chi connectivity index (χ3v) is 6.69. The van der Waals surface area contributed by atoms with Crippen LogP contribution in [0.3, 0.4) is 0 Å². The van der Waals surface area contributed by atoms with Crippen LogP contribution in [0.25, 0.3) is 17.2 Å². The number of hydrogen-bond acceptors (Lipinski definition) is 8. The number of nitrogens with one attached hydrogen (secondary N) is 2. The summed E-state index contributed by atoms with van der Waals surface area (Å²) in [6, 6.07) is 15.1. The molecule has 0 saturated carbocycles. The van der Waals surface area contributed by atoms with Crippen LogP contribution in [0.4, 0.5) is 11.4 Å². The second-order valence-electron chi connectivity index (χ2n) is 9.13. The summed E-state index contributed by atoms with van der Waals surface area (Å²) in [7, 11) is 3.05. The summed E-state index contributed by atoms with van der Waals surface area (Å²) in [4.78, 5) is 32.6. The number of carbonyl (C=O) groups is 2. The Labute approximate surface area is 239 Å². The average molecular weight is 553 g/mol. The van der Waals surface area contributed by atoms with Gasteiger partial charge in [-0.15, -0.1) is 0 Å². The molecule has 0 atom stereocenters. The second-order valence-corrected chi connectivity index (χ2v) is 9.13. The van der Waals surface area contributed by atoms with Crippen LogP contribution in [-0.2, 0) is 11.3 Å². The maximum absolute atomic E-state index is 13.0. The summed E-state index contributed by atoms with van der Waals surface area (Å²) in [6.07, 6.45) is 5.36. The second kappa shape index (κ2) is 13.4. The van der Waals surface area contributed by atoms with Crippen LogP contribution in [0.5, 0.6) is 11.5 Å². The number of nitrogens with zero attached hydrogens (tertiary/aromatic N) is 2. The molecule has 9 heteroatoms. The minimum Gasteiger partial charge on any atom is -0.496 e. The predicted octanol–water partition coefficient (Wildman–Crippen LogP) is 6.07. The fourth-order valence-electron chi connectivity index (χ4n) is 4.39. The number of anilines is 2. The molecule has 210 valence electrons. The van der Waals surface area contributed by atoms with Crippen molar-refractivity contribution in [2.75, 3.05) is 31.6 Å². The van der Waals surface area contributed by atoms with Crippen molar-refractivity contribution in [1.82, 2.24) is 9.97 Å². The minimum atomic E-state index is -0.337. The molecule has 0 aliphatic heterocycles. The number of rotatable bonds is 12. The molecular formula is C32H32N4O5. The molecule has 0 aliphatic carbocycles. The maximum atomic E-state index is 13.0. The average Bonchev–Trinajstić information content (AvgIpc) is 3.00. The van der Waals surface area contributed by atoms with Gasteiger partial charge in [0.1, 0.15) is 23.9 Å². The van der Waals surface area contributed by atoms with E-state index in [9.17, 15) is 9.59 Å². The van der Waals surface area contributed by atoms with Gasteiger partial charge in [-0.25, -0.2) is 0 Å². The van der Waals surface area contributed by atoms with Gasteiger partial charge in [0.25, 0.3) is 5.91 Å². The lowest BCUT2D eigenvalue weighted by molar-refractivity contribution is 0.102. The number of aldehydes is 1. The van der Waals surface area contributed by atoms with E-state index in [2.05, 4.69) is 27.2 Å². The Balaban J connectivity index is 1.46. The molecule has 2 aromatic carbocycles. The molecule has 9 nitrogen and oxygen atoms in total. The predicted molar refractivity (Wildman–Crippen MR) is 160 cm³/mol. The first-order chi connectivity index (χ1) is 19.9. The van der Waals surface area contributed by atoms with Gasteiger partial charge >= 0.3 is 0 Å². The third-order valence-electron chi connectivity index (χ3n) is 6.69. The topological polar surface area (TPSA) is 112 Å². The van der Waals surface area contributed by atoms with Gasteiger partial charge in [-0.1, -0.05) is 36.9 Å². The first-order valence-electron chi connectivity index (χ1n) is 12.9. The Morgan fingerprint density at radius 2 is 1.54 bits per heavy atom. The van der Waals surface area contributed by atoms with Crippen molar-refractivity contribution >= 4 is 29.6 Å². The third kappa shape index (κ3) is 6.59. The monoisotopic (exact) mass is 552 g/mol. The van der Waals surface area contributed by atoms with E-state index in [1.54, 1.807) is 24.4 Å². The lowest BCUT2D eigenvalue weighted by Gasteiger charge is -2.17. The molecule has 0 radical (unpaired) electrons. The van der Waals surface area contributed by atoms with Gasteiger partial charge in [-0.05, 0) is 48.2 Å². The summed E-state index contributed by atoms with van der Waals surface area (Å²) in [6.45, 7) is 8.24. The summed E-state index contributed by atoms with van der Waals surface area (Å²) >= 11 is 0. The van der Waals surface area contributed by atoms with E-state index < -0.39 is 0 Å². The van der Waals surface area contributed by atoms with E-state index in [0.717, 1.165) is 27.9 Å². The number of hydrogen-bond donors (Lipinski definition) is 2. The quantitative estimate of drug-likeness (QED) is 0.124. The molecule has 41 heavy (non-hydrogen) atoms. The Morgan fingerprint density at radius 1 is 0.902 bits per heavy atom. The van der Waals surface area contributed by atoms with Gasteiger partial charge in [0.2, 0.25) is 0 Å². The molecule has 0 unspecified atom stereocenters. The summed E-state index contributed by atoms with van der Waals surface area (Å²) in [5, 5.41) is 6.30. The Bertz CT molecular complexity index is 1580. The van der Waals surface area contributed by atoms with Gasteiger partial charge < -0.3 is 24.8 Å². The van der Waals surface area contributed by atoms with Crippen molar-refractivity contribution in [3.63, 3.8) is 0 Å². The van der Waals surface area contributed by atoms with Gasteiger partial charge in [0.05, 0.1) is 32.1 Å².